The minimum Gasteiger partial charge on any atom is -0.373 e. The molecule has 2 heteroatoms. The maximum Gasteiger partial charge on any atom is 0.0859 e. The van der Waals surface area contributed by atoms with Gasteiger partial charge in [-0.15, -0.1) is 0 Å². The van der Waals surface area contributed by atoms with Crippen LogP contribution in [0.5, 0.6) is 0 Å². The molecular formula is C10H17NO. The van der Waals surface area contributed by atoms with Crippen molar-refractivity contribution in [1.29, 1.82) is 0 Å². The molecule has 2 aliphatic rings. The maximum absolute atomic E-state index is 5.45. The molecule has 0 saturated carbocycles. The second-order valence-corrected chi connectivity index (χ2v) is 4.10. The minimum absolute atomic E-state index is 0.608. The summed E-state index contributed by atoms with van der Waals surface area (Å²) in [5.41, 5.74) is 1.17. The van der Waals surface area contributed by atoms with Crippen LogP contribution in [0.4, 0.5) is 0 Å². The normalized spacial score (nSPS) is 41.7. The summed E-state index contributed by atoms with van der Waals surface area (Å²) < 4.78 is 5.45. The van der Waals surface area contributed by atoms with Gasteiger partial charge in [-0.1, -0.05) is 13.5 Å². The van der Waals surface area contributed by atoms with Crippen molar-refractivity contribution in [2.24, 2.45) is 5.92 Å². The fraction of sp³-hybridized carbons (Fsp3) is 0.800. The van der Waals surface area contributed by atoms with Gasteiger partial charge in [-0.2, -0.15) is 0 Å². The van der Waals surface area contributed by atoms with E-state index in [9.17, 15) is 0 Å². The highest BCUT2D eigenvalue weighted by Crippen LogP contribution is 2.34. The molecule has 3 atom stereocenters. The summed E-state index contributed by atoms with van der Waals surface area (Å²) in [6.45, 7) is 10.3. The molecule has 2 saturated heterocycles. The van der Waals surface area contributed by atoms with Crippen LogP contribution in [0.2, 0.25) is 0 Å². The average molecular weight is 167 g/mol. The first-order valence-electron chi connectivity index (χ1n) is 4.74. The van der Waals surface area contributed by atoms with Crippen molar-refractivity contribution in [3.8, 4) is 0 Å². The van der Waals surface area contributed by atoms with E-state index in [1.807, 2.05) is 0 Å². The average Bonchev–Trinajstić information content (AvgIpc) is 2.29. The first-order chi connectivity index (χ1) is 5.70. The Kier molecular flexibility index (Phi) is 1.87. The Morgan fingerprint density at radius 2 is 2.25 bits per heavy atom. The van der Waals surface area contributed by atoms with E-state index in [0.717, 1.165) is 19.1 Å². The van der Waals surface area contributed by atoms with E-state index in [0.29, 0.717) is 12.1 Å². The summed E-state index contributed by atoms with van der Waals surface area (Å²) in [6, 6.07) is 1.27. The Bertz CT molecular complexity index is 202. The van der Waals surface area contributed by atoms with Gasteiger partial charge in [0.15, 0.2) is 0 Å². The van der Waals surface area contributed by atoms with Gasteiger partial charge >= 0.3 is 0 Å². The number of nitrogens with zero attached hydrogens (tertiary/aromatic N) is 1. The summed E-state index contributed by atoms with van der Waals surface area (Å²) in [4.78, 5) is 2.45. The topological polar surface area (TPSA) is 12.5 Å². The third-order valence-corrected chi connectivity index (χ3v) is 3.24. The Labute approximate surface area is 74.2 Å². The molecule has 0 radical (unpaired) electrons. The van der Waals surface area contributed by atoms with Crippen LogP contribution >= 0.6 is 0 Å². The molecule has 68 valence electrons. The van der Waals surface area contributed by atoms with Gasteiger partial charge in [-0.3, -0.25) is 0 Å². The predicted molar refractivity (Wildman–Crippen MR) is 48.8 cm³/mol. The van der Waals surface area contributed by atoms with Crippen molar-refractivity contribution in [3.63, 3.8) is 0 Å². The largest absolute Gasteiger partial charge is 0.373 e. The molecule has 0 N–H and O–H groups in total. The molecule has 2 rings (SSSR count). The molecule has 0 spiro atoms. The van der Waals surface area contributed by atoms with Crippen LogP contribution < -0.4 is 0 Å². The van der Waals surface area contributed by atoms with E-state index in [4.69, 9.17) is 4.74 Å². The highest BCUT2D eigenvalue weighted by atomic mass is 16.5. The van der Waals surface area contributed by atoms with Crippen LogP contribution in [0, 0.1) is 5.92 Å². The van der Waals surface area contributed by atoms with Crippen LogP contribution in [0.3, 0.4) is 0 Å². The van der Waals surface area contributed by atoms with Crippen LogP contribution in [-0.4, -0.2) is 30.2 Å². The molecule has 3 unspecified atom stereocenters. The zero-order valence-electron chi connectivity index (χ0n) is 7.92. The van der Waals surface area contributed by atoms with Gasteiger partial charge in [0.05, 0.1) is 19.3 Å². The van der Waals surface area contributed by atoms with E-state index in [1.165, 1.54) is 12.1 Å². The van der Waals surface area contributed by atoms with E-state index < -0.39 is 0 Å². The third kappa shape index (κ3) is 1.06. The van der Waals surface area contributed by atoms with Gasteiger partial charge in [0.25, 0.3) is 0 Å². The molecule has 2 heterocycles. The van der Waals surface area contributed by atoms with Crippen LogP contribution in [0.15, 0.2) is 12.3 Å². The monoisotopic (exact) mass is 167 g/mol. The maximum atomic E-state index is 5.45. The van der Waals surface area contributed by atoms with Gasteiger partial charge in [0.1, 0.15) is 0 Å². The molecule has 0 aliphatic carbocycles. The van der Waals surface area contributed by atoms with Crippen molar-refractivity contribution in [2.45, 2.75) is 32.4 Å². The summed E-state index contributed by atoms with van der Waals surface area (Å²) in [5.74, 6) is 0.786. The van der Waals surface area contributed by atoms with Gasteiger partial charge in [-0.05, 0) is 19.3 Å². The molecule has 0 bridgehead atoms. The SMILES string of the molecule is C=C1COCC2CC(C)C(C)N12. The molecule has 0 aromatic carbocycles. The quantitative estimate of drug-likeness (QED) is 0.543. The summed E-state index contributed by atoms with van der Waals surface area (Å²) in [6.07, 6.45) is 1.26. The van der Waals surface area contributed by atoms with Crippen molar-refractivity contribution >= 4 is 0 Å². The number of fused-ring (bicyclic) bond motifs is 1. The third-order valence-electron chi connectivity index (χ3n) is 3.24. The molecule has 0 amide bonds. The Morgan fingerprint density at radius 3 is 2.92 bits per heavy atom. The predicted octanol–water partition coefficient (Wildman–Crippen LogP) is 1.63. The van der Waals surface area contributed by atoms with E-state index in [1.54, 1.807) is 0 Å². The van der Waals surface area contributed by atoms with Gasteiger partial charge in [-0.25, -0.2) is 0 Å². The van der Waals surface area contributed by atoms with Gasteiger partial charge in [0, 0.05) is 11.7 Å². The minimum atomic E-state index is 0.608. The standard InChI is InChI=1S/C10H17NO/c1-7-4-10-6-12-5-8(2)11(10)9(7)3/h7,9-10H,2,4-6H2,1,3H3. The molecule has 2 fully saturated rings. The summed E-state index contributed by atoms with van der Waals surface area (Å²) in [5, 5.41) is 0. The first kappa shape index (κ1) is 8.11. The fourth-order valence-corrected chi connectivity index (χ4v) is 2.43. The zero-order chi connectivity index (χ0) is 8.72. The number of morpholine rings is 1. The first-order valence-corrected chi connectivity index (χ1v) is 4.74. The van der Waals surface area contributed by atoms with E-state index >= 15 is 0 Å². The highest BCUT2D eigenvalue weighted by molar-refractivity contribution is 5.07. The number of hydrogen-bond donors (Lipinski definition) is 0. The Hall–Kier alpha value is -0.500. The van der Waals surface area contributed by atoms with Crippen molar-refractivity contribution in [1.82, 2.24) is 4.90 Å². The highest BCUT2D eigenvalue weighted by Gasteiger charge is 2.38. The Morgan fingerprint density at radius 1 is 1.50 bits per heavy atom. The molecule has 0 aromatic rings. The molecule has 2 aliphatic heterocycles. The molecule has 2 nitrogen and oxygen atoms in total. The lowest BCUT2D eigenvalue weighted by Gasteiger charge is -2.36. The number of hydrogen-bond acceptors (Lipinski definition) is 2. The van der Waals surface area contributed by atoms with Crippen LogP contribution in [0.25, 0.3) is 0 Å². The lowest BCUT2D eigenvalue weighted by atomic mass is 10.0. The summed E-state index contributed by atoms with van der Waals surface area (Å²) in [7, 11) is 0. The molecule has 12 heavy (non-hydrogen) atoms. The van der Waals surface area contributed by atoms with Crippen LogP contribution in [-0.2, 0) is 4.74 Å². The number of rotatable bonds is 0. The van der Waals surface area contributed by atoms with E-state index in [-0.39, 0.29) is 0 Å². The van der Waals surface area contributed by atoms with Crippen molar-refractivity contribution in [2.75, 3.05) is 13.2 Å². The fourth-order valence-electron chi connectivity index (χ4n) is 2.43. The van der Waals surface area contributed by atoms with Crippen molar-refractivity contribution < 1.29 is 4.74 Å². The van der Waals surface area contributed by atoms with E-state index in [2.05, 4.69) is 25.3 Å². The lowest BCUT2D eigenvalue weighted by Crippen LogP contribution is -2.42. The smallest absolute Gasteiger partial charge is 0.0859 e. The molecule has 0 aromatic heterocycles. The van der Waals surface area contributed by atoms with Gasteiger partial charge < -0.3 is 9.64 Å². The Balaban J connectivity index is 2.17. The zero-order valence-corrected chi connectivity index (χ0v) is 7.92. The van der Waals surface area contributed by atoms with Crippen molar-refractivity contribution in [3.05, 3.63) is 12.3 Å². The number of ether oxygens (including phenoxy) is 1. The second-order valence-electron chi connectivity index (χ2n) is 4.10. The second kappa shape index (κ2) is 2.77. The molecular weight excluding hydrogens is 150 g/mol. The van der Waals surface area contributed by atoms with Crippen LogP contribution in [0.1, 0.15) is 20.3 Å². The lowest BCUT2D eigenvalue weighted by molar-refractivity contribution is 0.0356. The van der Waals surface area contributed by atoms with Gasteiger partial charge in [0.2, 0.25) is 0 Å². The summed E-state index contributed by atoms with van der Waals surface area (Å²) >= 11 is 0.